The molecule has 3 N–H and O–H groups in total. The first-order valence-corrected chi connectivity index (χ1v) is 6.17. The van der Waals surface area contributed by atoms with Crippen molar-refractivity contribution in [3.05, 3.63) is 53.9 Å². The molecule has 5 heteroatoms. The molecular weight excluding hydrogens is 254 g/mol. The van der Waals surface area contributed by atoms with Crippen molar-refractivity contribution in [3.8, 4) is 5.75 Å². The number of nitrogens with one attached hydrogen (secondary N) is 2. The van der Waals surface area contributed by atoms with Crippen molar-refractivity contribution in [2.24, 2.45) is 0 Å². The van der Waals surface area contributed by atoms with Crippen molar-refractivity contribution < 1.29 is 9.90 Å². The first-order valence-electron chi connectivity index (χ1n) is 6.17. The molecule has 0 bridgehead atoms. The second kappa shape index (κ2) is 4.70. The number of anilines is 1. The number of H-pyrrole nitrogens is 1. The van der Waals surface area contributed by atoms with Gasteiger partial charge in [-0.2, -0.15) is 0 Å². The molecule has 0 radical (unpaired) electrons. The molecule has 0 saturated heterocycles. The summed E-state index contributed by atoms with van der Waals surface area (Å²) in [5, 5.41) is 12.4. The highest BCUT2D eigenvalue weighted by atomic mass is 16.3. The summed E-state index contributed by atoms with van der Waals surface area (Å²) in [4.78, 5) is 19.2. The second-order valence-electron chi connectivity index (χ2n) is 4.59. The average molecular weight is 267 g/mol. The molecule has 0 aliphatic carbocycles. The summed E-state index contributed by atoms with van der Waals surface area (Å²) in [6.07, 6.45) is 1.59. The minimum absolute atomic E-state index is 0.159. The molecule has 0 fully saturated rings. The first kappa shape index (κ1) is 12.2. The normalized spacial score (nSPS) is 10.7. The van der Waals surface area contributed by atoms with Gasteiger partial charge < -0.3 is 15.4 Å². The zero-order chi connectivity index (χ0) is 14.1. The lowest BCUT2D eigenvalue weighted by Gasteiger charge is -2.07. The summed E-state index contributed by atoms with van der Waals surface area (Å²) < 4.78 is 0. The molecule has 0 aliphatic heterocycles. The molecule has 0 saturated carbocycles. The maximum atomic E-state index is 12.1. The van der Waals surface area contributed by atoms with Crippen LogP contribution in [0.2, 0.25) is 0 Å². The number of rotatable bonds is 2. The highest BCUT2D eigenvalue weighted by Gasteiger charge is 2.08. The first-order chi connectivity index (χ1) is 9.63. The smallest absolute Gasteiger partial charge is 0.255 e. The summed E-state index contributed by atoms with van der Waals surface area (Å²) in [6, 6.07) is 10.3. The molecule has 1 heterocycles. The van der Waals surface area contributed by atoms with E-state index in [2.05, 4.69) is 15.3 Å². The molecule has 1 amide bonds. The Kier molecular flexibility index (Phi) is 2.87. The van der Waals surface area contributed by atoms with E-state index in [1.54, 1.807) is 43.6 Å². The van der Waals surface area contributed by atoms with E-state index in [9.17, 15) is 9.90 Å². The Morgan fingerprint density at radius 1 is 1.25 bits per heavy atom. The van der Waals surface area contributed by atoms with Gasteiger partial charge in [0.25, 0.3) is 5.91 Å². The van der Waals surface area contributed by atoms with Gasteiger partial charge in [0.2, 0.25) is 0 Å². The van der Waals surface area contributed by atoms with Gasteiger partial charge >= 0.3 is 0 Å². The Balaban J connectivity index is 1.86. The molecule has 5 nitrogen and oxygen atoms in total. The van der Waals surface area contributed by atoms with E-state index in [1.165, 1.54) is 6.07 Å². The molecule has 2 aromatic carbocycles. The Bertz CT molecular complexity index is 793. The number of aromatic amines is 1. The van der Waals surface area contributed by atoms with Crippen molar-refractivity contribution in [2.45, 2.75) is 6.92 Å². The third kappa shape index (κ3) is 2.21. The molecule has 3 aromatic rings. The number of aromatic nitrogens is 2. The number of carbonyl (C=O) groups is 1. The monoisotopic (exact) mass is 267 g/mol. The number of aromatic hydroxyl groups is 1. The summed E-state index contributed by atoms with van der Waals surface area (Å²) >= 11 is 0. The van der Waals surface area contributed by atoms with E-state index >= 15 is 0 Å². The van der Waals surface area contributed by atoms with E-state index in [-0.39, 0.29) is 11.7 Å². The quantitative estimate of drug-likeness (QED) is 0.668. The van der Waals surface area contributed by atoms with Gasteiger partial charge in [-0.3, -0.25) is 4.79 Å². The van der Waals surface area contributed by atoms with Crippen LogP contribution >= 0.6 is 0 Å². The second-order valence-corrected chi connectivity index (χ2v) is 4.59. The highest BCUT2D eigenvalue weighted by molar-refractivity contribution is 6.06. The molecule has 0 unspecified atom stereocenters. The predicted molar refractivity (Wildman–Crippen MR) is 76.9 cm³/mol. The molecular formula is C15H13N3O2. The predicted octanol–water partition coefficient (Wildman–Crippen LogP) is 2.83. The Labute approximate surface area is 115 Å². The van der Waals surface area contributed by atoms with Gasteiger partial charge in [0.15, 0.2) is 0 Å². The van der Waals surface area contributed by atoms with Crippen LogP contribution in [-0.2, 0) is 0 Å². The summed E-state index contributed by atoms with van der Waals surface area (Å²) in [5.74, 6) is -0.0726. The van der Waals surface area contributed by atoms with Crippen LogP contribution < -0.4 is 5.32 Å². The van der Waals surface area contributed by atoms with Gasteiger partial charge in [-0.25, -0.2) is 4.98 Å². The third-order valence-corrected chi connectivity index (χ3v) is 3.15. The van der Waals surface area contributed by atoms with Crippen LogP contribution in [0.3, 0.4) is 0 Å². The zero-order valence-corrected chi connectivity index (χ0v) is 10.8. The van der Waals surface area contributed by atoms with Crippen molar-refractivity contribution in [1.82, 2.24) is 9.97 Å². The van der Waals surface area contributed by atoms with E-state index in [0.29, 0.717) is 11.3 Å². The largest absolute Gasteiger partial charge is 0.508 e. The van der Waals surface area contributed by atoms with Crippen LogP contribution in [0, 0.1) is 6.92 Å². The van der Waals surface area contributed by atoms with Crippen LogP contribution in [0.15, 0.2) is 42.7 Å². The Morgan fingerprint density at radius 3 is 2.90 bits per heavy atom. The van der Waals surface area contributed by atoms with E-state index in [1.807, 2.05) is 0 Å². The molecule has 1 aromatic heterocycles. The number of carbonyl (C=O) groups excluding carboxylic acids is 1. The number of phenolic OH excluding ortho intramolecular Hbond substituents is 1. The van der Waals surface area contributed by atoms with Crippen molar-refractivity contribution in [3.63, 3.8) is 0 Å². The molecule has 0 spiro atoms. The van der Waals surface area contributed by atoms with Crippen LogP contribution in [0.25, 0.3) is 11.0 Å². The summed E-state index contributed by atoms with van der Waals surface area (Å²) in [6.45, 7) is 1.80. The molecule has 0 aliphatic rings. The lowest BCUT2D eigenvalue weighted by atomic mass is 10.1. The number of fused-ring (bicyclic) bond motifs is 1. The number of nitrogens with zero attached hydrogens (tertiary/aromatic N) is 1. The minimum Gasteiger partial charge on any atom is -0.508 e. The number of hydrogen-bond donors (Lipinski definition) is 3. The summed E-state index contributed by atoms with van der Waals surface area (Å²) in [5.41, 5.74) is 3.48. The number of amides is 1. The van der Waals surface area contributed by atoms with Gasteiger partial charge in [0, 0.05) is 17.3 Å². The number of aryl methyl sites for hydroxylation is 1. The SMILES string of the molecule is Cc1ccc(NC(=O)c2ccc3nc[nH]c3c2)cc1O. The van der Waals surface area contributed by atoms with Crippen molar-refractivity contribution >= 4 is 22.6 Å². The fraction of sp³-hybridized carbons (Fsp3) is 0.0667. The highest BCUT2D eigenvalue weighted by Crippen LogP contribution is 2.21. The lowest BCUT2D eigenvalue weighted by molar-refractivity contribution is 0.102. The van der Waals surface area contributed by atoms with Gasteiger partial charge in [-0.1, -0.05) is 6.07 Å². The van der Waals surface area contributed by atoms with Crippen molar-refractivity contribution in [1.29, 1.82) is 0 Å². The molecule has 100 valence electrons. The molecule has 0 atom stereocenters. The third-order valence-electron chi connectivity index (χ3n) is 3.15. The number of phenols is 1. The number of hydrogen-bond acceptors (Lipinski definition) is 3. The Morgan fingerprint density at radius 2 is 2.10 bits per heavy atom. The van der Waals surface area contributed by atoms with E-state index < -0.39 is 0 Å². The van der Waals surface area contributed by atoms with Crippen LogP contribution in [0.4, 0.5) is 5.69 Å². The fourth-order valence-corrected chi connectivity index (χ4v) is 1.97. The van der Waals surface area contributed by atoms with Gasteiger partial charge in [0.1, 0.15) is 5.75 Å². The van der Waals surface area contributed by atoms with Gasteiger partial charge in [0.05, 0.1) is 17.4 Å². The van der Waals surface area contributed by atoms with E-state index in [0.717, 1.165) is 16.6 Å². The lowest BCUT2D eigenvalue weighted by Crippen LogP contribution is -2.11. The molecule has 20 heavy (non-hydrogen) atoms. The minimum atomic E-state index is -0.232. The maximum Gasteiger partial charge on any atom is 0.255 e. The van der Waals surface area contributed by atoms with E-state index in [4.69, 9.17) is 0 Å². The number of benzene rings is 2. The standard InChI is InChI=1S/C15H13N3O2/c1-9-2-4-11(7-14(9)19)18-15(20)10-3-5-12-13(6-10)17-8-16-12/h2-8,19H,1H3,(H,16,17)(H,18,20). The van der Waals surface area contributed by atoms with Gasteiger partial charge in [-0.15, -0.1) is 0 Å². The average Bonchev–Trinajstić information content (AvgIpc) is 2.90. The van der Waals surface area contributed by atoms with Crippen LogP contribution in [0.5, 0.6) is 5.75 Å². The maximum absolute atomic E-state index is 12.1. The van der Waals surface area contributed by atoms with Gasteiger partial charge in [-0.05, 0) is 36.8 Å². The fourth-order valence-electron chi connectivity index (χ4n) is 1.97. The van der Waals surface area contributed by atoms with Crippen LogP contribution in [0.1, 0.15) is 15.9 Å². The number of imidazole rings is 1. The van der Waals surface area contributed by atoms with Crippen molar-refractivity contribution in [2.75, 3.05) is 5.32 Å². The summed E-state index contributed by atoms with van der Waals surface area (Å²) in [7, 11) is 0. The van der Waals surface area contributed by atoms with Crippen LogP contribution in [-0.4, -0.2) is 21.0 Å². The Hall–Kier alpha value is -2.82. The topological polar surface area (TPSA) is 78.0 Å². The molecule has 3 rings (SSSR count). The zero-order valence-electron chi connectivity index (χ0n) is 10.8.